The molecule has 0 radical (unpaired) electrons. The summed E-state index contributed by atoms with van der Waals surface area (Å²) >= 11 is 1.38. The second-order valence-electron chi connectivity index (χ2n) is 6.33. The van der Waals surface area contributed by atoms with Crippen molar-refractivity contribution in [3.63, 3.8) is 0 Å². The van der Waals surface area contributed by atoms with Crippen LogP contribution in [0, 0.1) is 0 Å². The minimum absolute atomic E-state index is 0.0883. The molecule has 0 N–H and O–H groups in total. The van der Waals surface area contributed by atoms with Crippen molar-refractivity contribution in [2.75, 3.05) is 25.2 Å². The molecule has 0 fully saturated rings. The van der Waals surface area contributed by atoms with Crippen LogP contribution in [0.3, 0.4) is 0 Å². The molecule has 32 heavy (non-hydrogen) atoms. The highest BCUT2D eigenvalue weighted by Gasteiger charge is 2.19. The number of methoxy groups -OCH3 is 1. The molecule has 10 heteroatoms. The highest BCUT2D eigenvalue weighted by Crippen LogP contribution is 2.30. The molecule has 0 unspecified atom stereocenters. The maximum atomic E-state index is 12.5. The molecule has 1 aromatic heterocycles. The van der Waals surface area contributed by atoms with E-state index in [1.165, 1.54) is 47.6 Å². The van der Waals surface area contributed by atoms with Gasteiger partial charge < -0.3 is 14.2 Å². The smallest absolute Gasteiger partial charge is 0.387 e. The van der Waals surface area contributed by atoms with Crippen molar-refractivity contribution < 1.29 is 32.6 Å². The van der Waals surface area contributed by atoms with Gasteiger partial charge in [0.15, 0.2) is 23.2 Å². The zero-order chi connectivity index (χ0) is 23.1. The third-order valence-electron chi connectivity index (χ3n) is 4.28. The minimum Gasteiger partial charge on any atom is -0.493 e. The molecule has 0 spiro atoms. The third-order valence-corrected chi connectivity index (χ3v) is 5.34. The van der Waals surface area contributed by atoms with E-state index in [4.69, 9.17) is 9.47 Å². The van der Waals surface area contributed by atoms with Gasteiger partial charge in [0.25, 0.3) is 5.91 Å². The zero-order valence-electron chi connectivity index (χ0n) is 17.3. The number of benzene rings is 2. The molecule has 0 aliphatic carbocycles. The van der Waals surface area contributed by atoms with E-state index in [2.05, 4.69) is 9.72 Å². The van der Waals surface area contributed by atoms with Gasteiger partial charge in [-0.3, -0.25) is 9.69 Å². The summed E-state index contributed by atoms with van der Waals surface area (Å²) < 4.78 is 40.2. The van der Waals surface area contributed by atoms with Gasteiger partial charge >= 0.3 is 12.6 Å². The molecule has 0 saturated heterocycles. The van der Waals surface area contributed by atoms with Gasteiger partial charge in [-0.05, 0) is 42.8 Å². The van der Waals surface area contributed by atoms with Crippen molar-refractivity contribution in [1.82, 2.24) is 4.98 Å². The Balaban J connectivity index is 1.59. The number of rotatable bonds is 9. The first-order valence-corrected chi connectivity index (χ1v) is 10.4. The number of hydrogen-bond acceptors (Lipinski definition) is 7. The Hall–Kier alpha value is -3.53. The Morgan fingerprint density at radius 1 is 1.19 bits per heavy atom. The summed E-state index contributed by atoms with van der Waals surface area (Å²) in [7, 11) is 1.31. The highest BCUT2D eigenvalue weighted by molar-refractivity contribution is 7.22. The average Bonchev–Trinajstić information content (AvgIpc) is 3.20. The van der Waals surface area contributed by atoms with Crippen molar-refractivity contribution in [2.45, 2.75) is 13.5 Å². The van der Waals surface area contributed by atoms with E-state index in [0.29, 0.717) is 17.2 Å². The number of carbonyl (C=O) groups excluding carboxylic acids is 2. The van der Waals surface area contributed by atoms with Crippen LogP contribution in [0.4, 0.5) is 13.9 Å². The molecule has 3 rings (SSSR count). The summed E-state index contributed by atoms with van der Waals surface area (Å²) in [5, 5.41) is 0.531. The Morgan fingerprint density at radius 2 is 1.97 bits per heavy atom. The van der Waals surface area contributed by atoms with E-state index in [1.807, 2.05) is 24.3 Å². The van der Waals surface area contributed by atoms with Gasteiger partial charge in [-0.1, -0.05) is 29.5 Å². The Labute approximate surface area is 186 Å². The highest BCUT2D eigenvalue weighted by atomic mass is 32.1. The fraction of sp³-hybridized carbons (Fsp3) is 0.227. The molecule has 3 aromatic rings. The van der Waals surface area contributed by atoms with Gasteiger partial charge in [0, 0.05) is 12.6 Å². The molecule has 2 aromatic carbocycles. The predicted octanol–water partition coefficient (Wildman–Crippen LogP) is 4.52. The summed E-state index contributed by atoms with van der Waals surface area (Å²) in [5.74, 6) is -1.17. The van der Waals surface area contributed by atoms with Crippen LogP contribution >= 0.6 is 11.3 Å². The van der Waals surface area contributed by atoms with E-state index in [1.54, 1.807) is 6.92 Å². The number of alkyl halides is 2. The van der Waals surface area contributed by atoms with E-state index >= 15 is 0 Å². The van der Waals surface area contributed by atoms with Crippen molar-refractivity contribution in [1.29, 1.82) is 0 Å². The molecule has 0 atom stereocenters. The number of amides is 1. The number of ether oxygens (including phenoxy) is 3. The van der Waals surface area contributed by atoms with E-state index in [0.717, 1.165) is 16.3 Å². The van der Waals surface area contributed by atoms with Crippen LogP contribution in [-0.2, 0) is 14.3 Å². The molecule has 7 nitrogen and oxygen atoms in total. The Kier molecular flexibility index (Phi) is 7.72. The number of halogens is 2. The predicted molar refractivity (Wildman–Crippen MR) is 117 cm³/mol. The summed E-state index contributed by atoms with van der Waals surface area (Å²) in [5.41, 5.74) is 1.29. The number of aromatic nitrogens is 1. The Morgan fingerprint density at radius 3 is 2.66 bits per heavy atom. The van der Waals surface area contributed by atoms with Crippen molar-refractivity contribution in [2.24, 2.45) is 0 Å². The van der Waals surface area contributed by atoms with E-state index in [-0.39, 0.29) is 11.5 Å². The van der Waals surface area contributed by atoms with Crippen LogP contribution in [0.15, 0.2) is 48.5 Å². The van der Waals surface area contributed by atoms with Crippen molar-refractivity contribution >= 4 is 44.6 Å². The second kappa shape index (κ2) is 10.7. The number of likely N-dealkylation sites (N-methyl/N-ethyl adjacent to an activating group) is 1. The Bertz CT molecular complexity index is 1100. The topological polar surface area (TPSA) is 78.0 Å². The summed E-state index contributed by atoms with van der Waals surface area (Å²) in [6.07, 6.45) is 2.54. The number of fused-ring (bicyclic) bond motifs is 1. The molecule has 1 heterocycles. The monoisotopic (exact) mass is 462 g/mol. The minimum atomic E-state index is -2.98. The number of esters is 1. The largest absolute Gasteiger partial charge is 0.493 e. The first-order valence-electron chi connectivity index (χ1n) is 9.55. The van der Waals surface area contributed by atoms with Crippen LogP contribution in [-0.4, -0.2) is 43.7 Å². The lowest BCUT2D eigenvalue weighted by atomic mass is 10.2. The normalized spacial score (nSPS) is 11.2. The van der Waals surface area contributed by atoms with Gasteiger partial charge in [0.1, 0.15) is 0 Å². The fourth-order valence-corrected chi connectivity index (χ4v) is 3.84. The van der Waals surface area contributed by atoms with Gasteiger partial charge in [0.2, 0.25) is 0 Å². The second-order valence-corrected chi connectivity index (χ2v) is 7.34. The lowest BCUT2D eigenvalue weighted by Crippen LogP contribution is -2.34. The first-order chi connectivity index (χ1) is 15.4. The quantitative estimate of drug-likeness (QED) is 0.344. The van der Waals surface area contributed by atoms with Crippen LogP contribution in [0.25, 0.3) is 16.3 Å². The maximum Gasteiger partial charge on any atom is 0.387 e. The maximum absolute atomic E-state index is 12.5. The number of nitrogens with zero attached hydrogens (tertiary/aromatic N) is 2. The zero-order valence-corrected chi connectivity index (χ0v) is 18.1. The van der Waals surface area contributed by atoms with Gasteiger partial charge in [-0.2, -0.15) is 8.78 Å². The number of thiazole rings is 1. The first kappa shape index (κ1) is 23.1. The van der Waals surface area contributed by atoms with Gasteiger partial charge in [-0.15, -0.1) is 0 Å². The van der Waals surface area contributed by atoms with Gasteiger partial charge in [-0.25, -0.2) is 9.78 Å². The average molecular weight is 462 g/mol. The molecular weight excluding hydrogens is 442 g/mol. The summed E-state index contributed by atoms with van der Waals surface area (Å²) in [6, 6.07) is 11.7. The standard InChI is InChI=1S/C22H20F2N2O5S/c1-3-26(22-25-15-6-4-5-7-18(15)32-22)19(27)13-30-20(28)11-9-14-8-10-16(31-21(23)24)17(12-14)29-2/h4-12,21H,3,13H2,1-2H3/b11-9+. The molecule has 0 aliphatic rings. The summed E-state index contributed by atoms with van der Waals surface area (Å²) in [6.45, 7) is -1.25. The van der Waals surface area contributed by atoms with Crippen LogP contribution < -0.4 is 14.4 Å². The number of anilines is 1. The lowest BCUT2D eigenvalue weighted by Gasteiger charge is -2.17. The number of para-hydroxylation sites is 1. The van der Waals surface area contributed by atoms with E-state index in [9.17, 15) is 18.4 Å². The molecule has 168 valence electrons. The lowest BCUT2D eigenvalue weighted by molar-refractivity contribution is -0.142. The van der Waals surface area contributed by atoms with E-state index < -0.39 is 25.1 Å². The van der Waals surface area contributed by atoms with Crippen molar-refractivity contribution in [3.05, 3.63) is 54.1 Å². The molecule has 0 bridgehead atoms. The molecule has 1 amide bonds. The molecule has 0 saturated carbocycles. The number of carbonyl (C=O) groups is 2. The van der Waals surface area contributed by atoms with Crippen LogP contribution in [0.2, 0.25) is 0 Å². The molecule has 0 aliphatic heterocycles. The summed E-state index contributed by atoms with van der Waals surface area (Å²) in [4.78, 5) is 30.5. The van der Waals surface area contributed by atoms with Crippen LogP contribution in [0.1, 0.15) is 12.5 Å². The number of hydrogen-bond donors (Lipinski definition) is 0. The van der Waals surface area contributed by atoms with Gasteiger partial charge in [0.05, 0.1) is 17.3 Å². The third kappa shape index (κ3) is 5.79. The SMILES string of the molecule is CCN(C(=O)COC(=O)/C=C/c1ccc(OC(F)F)c(OC)c1)c1nc2ccccc2s1. The molecular formula is C22H20F2N2O5S. The van der Waals surface area contributed by atoms with Crippen LogP contribution in [0.5, 0.6) is 11.5 Å². The fourth-order valence-electron chi connectivity index (χ4n) is 2.80. The van der Waals surface area contributed by atoms with Crippen molar-refractivity contribution in [3.8, 4) is 11.5 Å².